The largest absolute Gasteiger partial charge is 0.467 e. The van der Waals surface area contributed by atoms with Gasteiger partial charge in [0.25, 0.3) is 0 Å². The molecular formula is C14H24NO7P. The van der Waals surface area contributed by atoms with Crippen LogP contribution in [-0.2, 0) is 32.7 Å². The summed E-state index contributed by atoms with van der Waals surface area (Å²) in [5.41, 5.74) is 0. The highest BCUT2D eigenvalue weighted by Crippen LogP contribution is 2.48. The molecule has 1 saturated heterocycles. The van der Waals surface area contributed by atoms with Crippen molar-refractivity contribution in [2.45, 2.75) is 39.2 Å². The maximum absolute atomic E-state index is 12.3. The van der Waals surface area contributed by atoms with Crippen LogP contribution in [0.2, 0.25) is 0 Å². The van der Waals surface area contributed by atoms with Gasteiger partial charge in [-0.15, -0.1) is 0 Å². The number of hydrogen-bond donors (Lipinski definition) is 0. The number of esters is 1. The number of likely N-dealkylation sites (tertiary alicyclic amines) is 1. The zero-order chi connectivity index (χ0) is 17.5. The van der Waals surface area contributed by atoms with Crippen molar-refractivity contribution in [1.29, 1.82) is 0 Å². The lowest BCUT2D eigenvalue weighted by molar-refractivity contribution is -0.151. The third kappa shape index (κ3) is 5.71. The second kappa shape index (κ2) is 9.15. The maximum Gasteiger partial charge on any atom is 0.338 e. The summed E-state index contributed by atoms with van der Waals surface area (Å²) in [6, 6.07) is -0.647. The first-order chi connectivity index (χ1) is 10.9. The number of amides is 1. The van der Waals surface area contributed by atoms with Gasteiger partial charge < -0.3 is 18.7 Å². The van der Waals surface area contributed by atoms with E-state index in [4.69, 9.17) is 9.05 Å². The van der Waals surface area contributed by atoms with Crippen molar-refractivity contribution in [3.63, 3.8) is 0 Å². The Bertz CT molecular complexity index is 484. The number of methoxy groups -OCH3 is 1. The minimum atomic E-state index is -3.52. The molecule has 0 spiro atoms. The van der Waals surface area contributed by atoms with E-state index in [1.165, 1.54) is 12.0 Å². The fourth-order valence-electron chi connectivity index (χ4n) is 2.51. The highest BCUT2D eigenvalue weighted by Gasteiger charge is 2.36. The van der Waals surface area contributed by atoms with Crippen LogP contribution in [0, 0.1) is 0 Å². The van der Waals surface area contributed by atoms with Gasteiger partial charge in [0, 0.05) is 6.54 Å². The first-order valence-corrected chi connectivity index (χ1v) is 9.36. The zero-order valence-electron chi connectivity index (χ0n) is 13.8. The summed E-state index contributed by atoms with van der Waals surface area (Å²) in [5, 5.41) is 0. The Morgan fingerprint density at radius 1 is 1.17 bits per heavy atom. The maximum atomic E-state index is 12.3. The van der Waals surface area contributed by atoms with E-state index in [0.717, 1.165) is 0 Å². The van der Waals surface area contributed by atoms with Crippen LogP contribution in [0.25, 0.3) is 0 Å². The topological polar surface area (TPSA) is 99.2 Å². The van der Waals surface area contributed by atoms with Crippen molar-refractivity contribution in [2.75, 3.05) is 33.0 Å². The Kier molecular flexibility index (Phi) is 7.88. The highest BCUT2D eigenvalue weighted by molar-refractivity contribution is 7.54. The predicted octanol–water partition coefficient (Wildman–Crippen LogP) is 1.38. The quantitative estimate of drug-likeness (QED) is 0.352. The van der Waals surface area contributed by atoms with Gasteiger partial charge in [-0.1, -0.05) is 0 Å². The number of rotatable bonds is 9. The number of nitrogens with zero attached hydrogens (tertiary/aromatic N) is 1. The molecule has 8 nitrogen and oxygen atoms in total. The molecule has 1 aliphatic heterocycles. The molecule has 23 heavy (non-hydrogen) atoms. The molecule has 0 aromatic rings. The molecule has 1 unspecified atom stereocenters. The van der Waals surface area contributed by atoms with Gasteiger partial charge in [0.15, 0.2) is 5.78 Å². The first kappa shape index (κ1) is 19.8. The molecule has 132 valence electrons. The van der Waals surface area contributed by atoms with Gasteiger partial charge in [-0.3, -0.25) is 14.2 Å². The fourth-order valence-corrected chi connectivity index (χ4v) is 4.10. The first-order valence-electron chi connectivity index (χ1n) is 7.64. The zero-order valence-corrected chi connectivity index (χ0v) is 14.7. The summed E-state index contributed by atoms with van der Waals surface area (Å²) in [7, 11) is -2.26. The number of Topliss-reactive ketones (excluding diaryl/α,β-unsaturated/α-hetero) is 1. The van der Waals surface area contributed by atoms with Crippen molar-refractivity contribution < 1.29 is 32.7 Å². The van der Waals surface area contributed by atoms with Gasteiger partial charge in [0.1, 0.15) is 12.2 Å². The van der Waals surface area contributed by atoms with Crippen LogP contribution in [-0.4, -0.2) is 61.6 Å². The Morgan fingerprint density at radius 2 is 1.78 bits per heavy atom. The van der Waals surface area contributed by atoms with Crippen LogP contribution < -0.4 is 0 Å². The average molecular weight is 349 g/mol. The van der Waals surface area contributed by atoms with Gasteiger partial charge in [-0.2, -0.15) is 0 Å². The molecule has 1 rings (SSSR count). The molecule has 0 N–H and O–H groups in total. The van der Waals surface area contributed by atoms with E-state index in [1.807, 2.05) is 0 Å². The minimum Gasteiger partial charge on any atom is -0.467 e. The molecule has 0 aliphatic carbocycles. The Morgan fingerprint density at radius 3 is 2.30 bits per heavy atom. The third-order valence-electron chi connectivity index (χ3n) is 3.42. The molecule has 1 aliphatic rings. The molecule has 1 fully saturated rings. The van der Waals surface area contributed by atoms with E-state index < -0.39 is 43.9 Å². The molecule has 0 radical (unpaired) electrons. The molecule has 0 saturated carbocycles. The van der Waals surface area contributed by atoms with Gasteiger partial charge in [-0.05, 0) is 26.7 Å². The summed E-state index contributed by atoms with van der Waals surface area (Å²) in [4.78, 5) is 37.2. The van der Waals surface area contributed by atoms with E-state index in [0.29, 0.717) is 19.4 Å². The standard InChI is InChI=1S/C14H24NO7P/c1-4-21-23(19,22-5-2)10-11(16)9-13(17)15-8-6-7-12(15)14(18)20-3/h12H,4-10H2,1-3H3. The fraction of sp³-hybridized carbons (Fsp3) is 0.786. The van der Waals surface area contributed by atoms with Crippen molar-refractivity contribution in [3.8, 4) is 0 Å². The van der Waals surface area contributed by atoms with E-state index >= 15 is 0 Å². The molecule has 1 atom stereocenters. The highest BCUT2D eigenvalue weighted by atomic mass is 31.2. The number of carbonyl (C=O) groups is 3. The van der Waals surface area contributed by atoms with E-state index in [2.05, 4.69) is 4.74 Å². The van der Waals surface area contributed by atoms with Crippen molar-refractivity contribution in [3.05, 3.63) is 0 Å². The van der Waals surface area contributed by atoms with Crippen molar-refractivity contribution in [1.82, 2.24) is 4.90 Å². The second-order valence-electron chi connectivity index (χ2n) is 5.09. The second-order valence-corrected chi connectivity index (χ2v) is 7.14. The van der Waals surface area contributed by atoms with Crippen LogP contribution in [0.5, 0.6) is 0 Å². The molecular weight excluding hydrogens is 325 g/mol. The Balaban J connectivity index is 2.64. The van der Waals surface area contributed by atoms with Crippen LogP contribution in [0.15, 0.2) is 0 Å². The lowest BCUT2D eigenvalue weighted by Gasteiger charge is -2.22. The smallest absolute Gasteiger partial charge is 0.338 e. The van der Waals surface area contributed by atoms with E-state index in [-0.39, 0.29) is 13.2 Å². The summed E-state index contributed by atoms with van der Waals surface area (Å²) < 4.78 is 27.0. The lowest BCUT2D eigenvalue weighted by Crippen LogP contribution is -2.42. The van der Waals surface area contributed by atoms with E-state index in [1.54, 1.807) is 13.8 Å². The molecule has 1 amide bonds. The van der Waals surface area contributed by atoms with Crippen molar-refractivity contribution in [2.24, 2.45) is 0 Å². The Hall–Kier alpha value is -1.24. The number of hydrogen-bond acceptors (Lipinski definition) is 7. The SMILES string of the molecule is CCOP(=O)(CC(=O)CC(=O)N1CCCC1C(=O)OC)OCC. The lowest BCUT2D eigenvalue weighted by atomic mass is 10.2. The summed E-state index contributed by atoms with van der Waals surface area (Å²) >= 11 is 0. The van der Waals surface area contributed by atoms with Crippen LogP contribution in [0.3, 0.4) is 0 Å². The molecule has 9 heteroatoms. The van der Waals surface area contributed by atoms with Crippen LogP contribution in [0.1, 0.15) is 33.1 Å². The summed E-state index contributed by atoms with van der Waals surface area (Å²) in [6.07, 6.45) is 0.313. The molecule has 0 aromatic heterocycles. The molecule has 1 heterocycles. The van der Waals surface area contributed by atoms with Crippen LogP contribution >= 0.6 is 7.60 Å². The Labute approximate surface area is 136 Å². The number of ether oxygens (including phenoxy) is 1. The number of ketones is 1. The average Bonchev–Trinajstić information content (AvgIpc) is 2.95. The summed E-state index contributed by atoms with van der Waals surface area (Å²) in [6.45, 7) is 3.99. The minimum absolute atomic E-state index is 0.148. The van der Waals surface area contributed by atoms with Gasteiger partial charge in [-0.25, -0.2) is 4.79 Å². The normalized spacial score (nSPS) is 18.0. The van der Waals surface area contributed by atoms with Gasteiger partial charge in [0.2, 0.25) is 5.91 Å². The monoisotopic (exact) mass is 349 g/mol. The summed E-state index contributed by atoms with van der Waals surface area (Å²) in [5.74, 6) is -1.49. The van der Waals surface area contributed by atoms with Gasteiger partial charge in [0.05, 0.1) is 26.7 Å². The number of carbonyl (C=O) groups excluding carboxylic acids is 3. The predicted molar refractivity (Wildman–Crippen MR) is 82.1 cm³/mol. The molecule has 0 aromatic carbocycles. The van der Waals surface area contributed by atoms with Gasteiger partial charge >= 0.3 is 13.6 Å². The van der Waals surface area contributed by atoms with Crippen molar-refractivity contribution >= 4 is 25.3 Å². The van der Waals surface area contributed by atoms with Crippen LogP contribution in [0.4, 0.5) is 0 Å². The molecule has 0 bridgehead atoms. The van der Waals surface area contributed by atoms with E-state index in [9.17, 15) is 18.9 Å². The third-order valence-corrected chi connectivity index (χ3v) is 5.46.